The Morgan fingerprint density at radius 1 is 1.20 bits per heavy atom. The SMILES string of the molecule is CC(C)(C)OC(=O)N1CCC(Cc2cccc(CCC(=O)O)c2)CC1. The molecule has 1 fully saturated rings. The van der Waals surface area contributed by atoms with Crippen LogP contribution in [-0.2, 0) is 22.4 Å². The molecule has 5 heteroatoms. The van der Waals surface area contributed by atoms with E-state index in [-0.39, 0.29) is 12.5 Å². The van der Waals surface area contributed by atoms with Crippen molar-refractivity contribution < 1.29 is 19.4 Å². The lowest BCUT2D eigenvalue weighted by molar-refractivity contribution is -0.136. The zero-order valence-corrected chi connectivity index (χ0v) is 15.5. The molecule has 1 aromatic carbocycles. The summed E-state index contributed by atoms with van der Waals surface area (Å²) in [6, 6.07) is 8.20. The van der Waals surface area contributed by atoms with Crippen molar-refractivity contribution in [1.82, 2.24) is 4.90 Å². The van der Waals surface area contributed by atoms with Gasteiger partial charge in [-0.2, -0.15) is 0 Å². The number of likely N-dealkylation sites (tertiary alicyclic amines) is 1. The number of carbonyl (C=O) groups is 2. The third-order valence-corrected chi connectivity index (χ3v) is 4.41. The van der Waals surface area contributed by atoms with E-state index in [1.54, 1.807) is 4.90 Å². The molecule has 1 saturated heterocycles. The summed E-state index contributed by atoms with van der Waals surface area (Å²) in [5.74, 6) is -0.215. The van der Waals surface area contributed by atoms with E-state index in [1.807, 2.05) is 32.9 Å². The van der Waals surface area contributed by atoms with E-state index in [0.717, 1.165) is 37.9 Å². The minimum atomic E-state index is -0.764. The molecule has 2 rings (SSSR count). The Bertz CT molecular complexity index is 598. The molecule has 0 bridgehead atoms. The predicted octanol–water partition coefficient (Wildman–Crippen LogP) is 3.89. The molecular formula is C20H29NO4. The molecule has 0 atom stereocenters. The summed E-state index contributed by atoms with van der Waals surface area (Å²) in [6.07, 6.45) is 3.43. The van der Waals surface area contributed by atoms with Crippen LogP contribution in [0.5, 0.6) is 0 Å². The highest BCUT2D eigenvalue weighted by Gasteiger charge is 2.26. The van der Waals surface area contributed by atoms with Crippen LogP contribution < -0.4 is 0 Å². The number of carbonyl (C=O) groups excluding carboxylic acids is 1. The molecule has 0 radical (unpaired) electrons. The first-order valence-electron chi connectivity index (χ1n) is 9.00. The maximum atomic E-state index is 12.1. The van der Waals surface area contributed by atoms with Crippen molar-refractivity contribution in [2.45, 2.75) is 58.5 Å². The molecule has 1 amide bonds. The highest BCUT2D eigenvalue weighted by molar-refractivity contribution is 5.68. The molecule has 1 heterocycles. The Hall–Kier alpha value is -2.04. The average Bonchev–Trinajstić information content (AvgIpc) is 2.52. The van der Waals surface area contributed by atoms with Crippen molar-refractivity contribution in [2.24, 2.45) is 5.92 Å². The number of aryl methyl sites for hydroxylation is 1. The summed E-state index contributed by atoms with van der Waals surface area (Å²) < 4.78 is 5.43. The molecule has 5 nitrogen and oxygen atoms in total. The summed E-state index contributed by atoms with van der Waals surface area (Å²) in [6.45, 7) is 7.12. The number of carboxylic acid groups (broad SMARTS) is 1. The van der Waals surface area contributed by atoms with Gasteiger partial charge in [-0.1, -0.05) is 24.3 Å². The topological polar surface area (TPSA) is 66.8 Å². The Kier molecular flexibility index (Phi) is 6.45. The quantitative estimate of drug-likeness (QED) is 0.877. The van der Waals surface area contributed by atoms with Crippen molar-refractivity contribution in [3.05, 3.63) is 35.4 Å². The van der Waals surface area contributed by atoms with Crippen LogP contribution in [0, 0.1) is 5.92 Å². The van der Waals surface area contributed by atoms with Gasteiger partial charge in [0.25, 0.3) is 0 Å². The number of rotatable bonds is 5. The number of benzene rings is 1. The second-order valence-electron chi connectivity index (χ2n) is 7.83. The van der Waals surface area contributed by atoms with Gasteiger partial charge in [0.2, 0.25) is 0 Å². The van der Waals surface area contributed by atoms with E-state index >= 15 is 0 Å². The van der Waals surface area contributed by atoms with Crippen LogP contribution in [0.3, 0.4) is 0 Å². The van der Waals surface area contributed by atoms with Gasteiger partial charge in [-0.05, 0) is 63.5 Å². The van der Waals surface area contributed by atoms with Gasteiger partial charge in [0.1, 0.15) is 5.60 Å². The van der Waals surface area contributed by atoms with Crippen LogP contribution in [0.2, 0.25) is 0 Å². The molecule has 1 aromatic rings. The average molecular weight is 347 g/mol. The molecule has 0 aromatic heterocycles. The van der Waals surface area contributed by atoms with Crippen LogP contribution in [0.15, 0.2) is 24.3 Å². The number of nitrogens with zero attached hydrogens (tertiary/aromatic N) is 1. The van der Waals surface area contributed by atoms with Crippen LogP contribution in [0.1, 0.15) is 51.2 Å². The fraction of sp³-hybridized carbons (Fsp3) is 0.600. The number of carboxylic acids is 1. The van der Waals surface area contributed by atoms with E-state index in [0.29, 0.717) is 12.3 Å². The third kappa shape index (κ3) is 6.77. The Morgan fingerprint density at radius 3 is 2.44 bits per heavy atom. The zero-order chi connectivity index (χ0) is 18.4. The van der Waals surface area contributed by atoms with E-state index in [2.05, 4.69) is 12.1 Å². The van der Waals surface area contributed by atoms with Crippen LogP contribution >= 0.6 is 0 Å². The summed E-state index contributed by atoms with van der Waals surface area (Å²) >= 11 is 0. The molecule has 1 aliphatic rings. The highest BCUT2D eigenvalue weighted by atomic mass is 16.6. The standard InChI is InChI=1S/C20H29NO4/c1-20(2,3)25-19(24)21-11-9-16(10-12-21)14-17-6-4-5-15(13-17)7-8-18(22)23/h4-6,13,16H,7-12,14H2,1-3H3,(H,22,23). The van der Waals surface area contributed by atoms with E-state index < -0.39 is 11.6 Å². The normalized spacial score (nSPS) is 15.9. The molecule has 0 unspecified atom stereocenters. The second kappa shape index (κ2) is 8.37. The van der Waals surface area contributed by atoms with Gasteiger partial charge < -0.3 is 14.7 Å². The molecule has 1 N–H and O–H groups in total. The van der Waals surface area contributed by atoms with Crippen molar-refractivity contribution in [3.8, 4) is 0 Å². The van der Waals surface area contributed by atoms with Crippen LogP contribution in [0.4, 0.5) is 4.79 Å². The minimum absolute atomic E-state index is 0.164. The lowest BCUT2D eigenvalue weighted by Gasteiger charge is -2.33. The minimum Gasteiger partial charge on any atom is -0.481 e. The largest absolute Gasteiger partial charge is 0.481 e. The summed E-state index contributed by atoms with van der Waals surface area (Å²) in [7, 11) is 0. The number of piperidine rings is 1. The predicted molar refractivity (Wildman–Crippen MR) is 96.6 cm³/mol. The zero-order valence-electron chi connectivity index (χ0n) is 15.5. The number of ether oxygens (including phenoxy) is 1. The number of amides is 1. The van der Waals surface area contributed by atoms with Crippen molar-refractivity contribution >= 4 is 12.1 Å². The molecule has 138 valence electrons. The van der Waals surface area contributed by atoms with Gasteiger partial charge in [-0.15, -0.1) is 0 Å². The first kappa shape index (κ1) is 19.3. The van der Waals surface area contributed by atoms with Crippen molar-refractivity contribution in [1.29, 1.82) is 0 Å². The molecular weight excluding hydrogens is 318 g/mol. The Balaban J connectivity index is 1.83. The van der Waals surface area contributed by atoms with Gasteiger partial charge in [-0.3, -0.25) is 4.79 Å². The summed E-state index contributed by atoms with van der Waals surface area (Å²) in [5.41, 5.74) is 1.87. The lowest BCUT2D eigenvalue weighted by Crippen LogP contribution is -2.42. The summed E-state index contributed by atoms with van der Waals surface area (Å²) in [5, 5.41) is 8.80. The number of hydrogen-bond donors (Lipinski definition) is 1. The van der Waals surface area contributed by atoms with Crippen LogP contribution in [0.25, 0.3) is 0 Å². The first-order valence-corrected chi connectivity index (χ1v) is 9.00. The number of aliphatic carboxylic acids is 1. The Morgan fingerprint density at radius 2 is 1.84 bits per heavy atom. The van der Waals surface area contributed by atoms with Gasteiger partial charge >= 0.3 is 12.1 Å². The smallest absolute Gasteiger partial charge is 0.410 e. The monoisotopic (exact) mass is 347 g/mol. The Labute approximate surface area is 150 Å². The van der Waals surface area contributed by atoms with E-state index in [1.165, 1.54) is 5.56 Å². The molecule has 0 saturated carbocycles. The molecule has 0 aliphatic carbocycles. The summed E-state index contributed by atoms with van der Waals surface area (Å²) in [4.78, 5) is 24.6. The van der Waals surface area contributed by atoms with Gasteiger partial charge in [0.05, 0.1) is 0 Å². The maximum Gasteiger partial charge on any atom is 0.410 e. The van der Waals surface area contributed by atoms with Crippen molar-refractivity contribution in [2.75, 3.05) is 13.1 Å². The van der Waals surface area contributed by atoms with Gasteiger partial charge in [0, 0.05) is 19.5 Å². The fourth-order valence-corrected chi connectivity index (χ4v) is 3.14. The lowest BCUT2D eigenvalue weighted by atomic mass is 9.89. The van der Waals surface area contributed by atoms with E-state index in [4.69, 9.17) is 9.84 Å². The van der Waals surface area contributed by atoms with Crippen LogP contribution in [-0.4, -0.2) is 40.8 Å². The molecule has 1 aliphatic heterocycles. The van der Waals surface area contributed by atoms with Gasteiger partial charge in [-0.25, -0.2) is 4.79 Å². The first-order chi connectivity index (χ1) is 11.7. The van der Waals surface area contributed by atoms with Gasteiger partial charge in [0.15, 0.2) is 0 Å². The maximum absolute atomic E-state index is 12.1. The fourth-order valence-electron chi connectivity index (χ4n) is 3.14. The molecule has 25 heavy (non-hydrogen) atoms. The van der Waals surface area contributed by atoms with E-state index in [9.17, 15) is 9.59 Å². The van der Waals surface area contributed by atoms with Crippen molar-refractivity contribution in [3.63, 3.8) is 0 Å². The molecule has 0 spiro atoms. The number of hydrogen-bond acceptors (Lipinski definition) is 3. The highest BCUT2D eigenvalue weighted by Crippen LogP contribution is 2.23. The second-order valence-corrected chi connectivity index (χ2v) is 7.83. The third-order valence-electron chi connectivity index (χ3n) is 4.41.